The summed E-state index contributed by atoms with van der Waals surface area (Å²) in [6, 6.07) is 0. The highest BCUT2D eigenvalue weighted by atomic mass is 31.2. The largest absolute Gasteiger partial charge is 0.472 e. The second-order valence-corrected chi connectivity index (χ2v) is 28.1. The van der Waals surface area contributed by atoms with Gasteiger partial charge in [0.1, 0.15) is 19.3 Å². The maximum atomic E-state index is 13.0. The molecule has 0 aromatic heterocycles. The minimum Gasteiger partial charge on any atom is -0.462 e. The minimum atomic E-state index is -4.96. The topological polar surface area (TPSA) is 237 Å². The van der Waals surface area contributed by atoms with Crippen LogP contribution in [-0.2, 0) is 65.4 Å². The van der Waals surface area contributed by atoms with E-state index in [1.165, 1.54) is 128 Å². The average molecular weight is 1290 g/mol. The SMILES string of the molecule is CCCCCC/C=C\C=C/CCCCCCCC(=O)O[C@H](COC(=O)CCCCCCCCCCCCCC(C)C)COP(=O)(O)OC[C@@H](O)COP(=O)(O)OC[C@@H](COC(=O)CCCCCCCCCCC)OC(=O)CCCCCCCCCC(C)C. The molecular weight excluding hydrogens is 1160 g/mol. The molecule has 0 spiro atoms. The van der Waals surface area contributed by atoms with E-state index in [2.05, 4.69) is 65.8 Å². The standard InChI is InChI=1S/C69H130O17P2/c1-7-9-11-13-15-17-18-19-20-21-24-29-35-41-47-53-68(73)85-64(57-80-67(72)52-46-40-34-28-25-22-23-27-31-37-43-49-61(3)4)59-83-87(75,76)81-55-63(70)56-82-88(77,78)84-60-65(58-79-66(71)51-45-39-33-26-16-14-12-10-8-2)86-69(74)54-48-42-36-30-32-38-44-50-62(5)6/h17-20,61-65,70H,7-16,21-60H2,1-6H3,(H,75,76)(H,77,78)/b18-17-,20-19-/t63-,64-,65-/m1/s1. The zero-order chi connectivity index (χ0) is 65.0. The number of unbranched alkanes of at least 4 members (excludes halogenated alkanes) is 33. The van der Waals surface area contributed by atoms with E-state index in [0.29, 0.717) is 31.6 Å². The van der Waals surface area contributed by atoms with Gasteiger partial charge in [-0.15, -0.1) is 0 Å². The number of allylic oxidation sites excluding steroid dienone is 4. The summed E-state index contributed by atoms with van der Waals surface area (Å²) < 4.78 is 68.1. The van der Waals surface area contributed by atoms with E-state index >= 15 is 0 Å². The first-order valence-corrected chi connectivity index (χ1v) is 38.3. The molecule has 3 N–H and O–H groups in total. The molecule has 0 aromatic carbocycles. The van der Waals surface area contributed by atoms with Crippen LogP contribution in [0.1, 0.15) is 324 Å². The lowest BCUT2D eigenvalue weighted by atomic mass is 10.0. The van der Waals surface area contributed by atoms with E-state index in [4.69, 9.17) is 37.0 Å². The van der Waals surface area contributed by atoms with Gasteiger partial charge in [0.2, 0.25) is 0 Å². The number of phosphoric acid groups is 2. The van der Waals surface area contributed by atoms with Gasteiger partial charge in [0.05, 0.1) is 26.4 Å². The molecule has 0 amide bonds. The third-order valence-corrected chi connectivity index (χ3v) is 17.2. The Labute approximate surface area is 535 Å². The molecule has 0 saturated heterocycles. The molecule has 0 fully saturated rings. The van der Waals surface area contributed by atoms with Crippen molar-refractivity contribution < 1.29 is 80.2 Å². The van der Waals surface area contributed by atoms with Gasteiger partial charge in [-0.2, -0.15) is 0 Å². The van der Waals surface area contributed by atoms with Crippen LogP contribution in [0, 0.1) is 11.8 Å². The number of ether oxygens (including phenoxy) is 4. The Balaban J connectivity index is 5.27. The number of aliphatic hydroxyl groups is 1. The fraction of sp³-hybridized carbons (Fsp3) is 0.884. The maximum Gasteiger partial charge on any atom is 0.472 e. The van der Waals surface area contributed by atoms with Gasteiger partial charge in [0, 0.05) is 25.7 Å². The summed E-state index contributed by atoms with van der Waals surface area (Å²) in [4.78, 5) is 72.4. The minimum absolute atomic E-state index is 0.0846. The van der Waals surface area contributed by atoms with Gasteiger partial charge in [-0.1, -0.05) is 271 Å². The zero-order valence-electron chi connectivity index (χ0n) is 56.5. The molecule has 0 bridgehead atoms. The number of carbonyl (C=O) groups excluding carboxylic acids is 4. The molecule has 0 radical (unpaired) electrons. The van der Waals surface area contributed by atoms with Crippen molar-refractivity contribution in [3.8, 4) is 0 Å². The summed E-state index contributed by atoms with van der Waals surface area (Å²) in [6.07, 6.45) is 48.1. The summed E-state index contributed by atoms with van der Waals surface area (Å²) in [7, 11) is -9.91. The first kappa shape index (κ1) is 85.5. The number of hydrogen-bond acceptors (Lipinski definition) is 15. The second kappa shape index (κ2) is 60.8. The van der Waals surface area contributed by atoms with E-state index in [0.717, 1.165) is 109 Å². The second-order valence-electron chi connectivity index (χ2n) is 25.2. The van der Waals surface area contributed by atoms with Crippen LogP contribution in [0.4, 0.5) is 0 Å². The molecule has 0 aliphatic rings. The van der Waals surface area contributed by atoms with Gasteiger partial charge in [-0.3, -0.25) is 37.3 Å². The van der Waals surface area contributed by atoms with E-state index < -0.39 is 97.5 Å². The molecule has 0 aliphatic carbocycles. The van der Waals surface area contributed by atoms with E-state index in [-0.39, 0.29) is 25.7 Å². The van der Waals surface area contributed by atoms with E-state index in [1.54, 1.807) is 0 Å². The van der Waals surface area contributed by atoms with Gasteiger partial charge in [-0.25, -0.2) is 9.13 Å². The first-order chi connectivity index (χ1) is 42.4. The number of carbonyl (C=O) groups is 4. The van der Waals surface area contributed by atoms with Gasteiger partial charge < -0.3 is 33.8 Å². The van der Waals surface area contributed by atoms with Crippen LogP contribution < -0.4 is 0 Å². The summed E-state index contributed by atoms with van der Waals surface area (Å²) in [5, 5.41) is 10.6. The Hall–Kier alpha value is -2.46. The Morgan fingerprint density at radius 1 is 0.352 bits per heavy atom. The van der Waals surface area contributed by atoms with Gasteiger partial charge >= 0.3 is 39.5 Å². The summed E-state index contributed by atoms with van der Waals surface area (Å²) in [6.45, 7) is 9.39. The summed E-state index contributed by atoms with van der Waals surface area (Å²) >= 11 is 0. The molecule has 0 saturated carbocycles. The van der Waals surface area contributed by atoms with Crippen molar-refractivity contribution in [3.05, 3.63) is 24.3 Å². The lowest BCUT2D eigenvalue weighted by molar-refractivity contribution is -0.161. The summed E-state index contributed by atoms with van der Waals surface area (Å²) in [5.41, 5.74) is 0. The van der Waals surface area contributed by atoms with Gasteiger partial charge in [0.25, 0.3) is 0 Å². The van der Waals surface area contributed by atoms with Crippen molar-refractivity contribution in [2.45, 2.75) is 342 Å². The predicted molar refractivity (Wildman–Crippen MR) is 354 cm³/mol. The fourth-order valence-electron chi connectivity index (χ4n) is 9.87. The number of esters is 4. The molecule has 2 unspecified atom stereocenters. The molecule has 19 heteroatoms. The summed E-state index contributed by atoms with van der Waals surface area (Å²) in [5.74, 6) is -0.697. The Kier molecular flexibility index (Phi) is 59.1. The van der Waals surface area contributed by atoms with Crippen LogP contribution >= 0.6 is 15.6 Å². The molecule has 0 aromatic rings. The van der Waals surface area contributed by atoms with Crippen LogP contribution in [0.25, 0.3) is 0 Å². The van der Waals surface area contributed by atoms with Crippen LogP contribution in [0.5, 0.6) is 0 Å². The molecule has 0 heterocycles. The van der Waals surface area contributed by atoms with Crippen molar-refractivity contribution in [3.63, 3.8) is 0 Å². The van der Waals surface area contributed by atoms with Crippen molar-refractivity contribution in [2.75, 3.05) is 39.6 Å². The molecule has 518 valence electrons. The number of phosphoric ester groups is 2. The third-order valence-electron chi connectivity index (χ3n) is 15.3. The number of hydrogen-bond donors (Lipinski definition) is 3. The average Bonchev–Trinajstić information content (AvgIpc) is 3.61. The number of rotatable bonds is 66. The van der Waals surface area contributed by atoms with Crippen molar-refractivity contribution in [1.29, 1.82) is 0 Å². The predicted octanol–water partition coefficient (Wildman–Crippen LogP) is 19.2. The molecule has 88 heavy (non-hydrogen) atoms. The smallest absolute Gasteiger partial charge is 0.462 e. The zero-order valence-corrected chi connectivity index (χ0v) is 58.3. The third kappa shape index (κ3) is 62.4. The lowest BCUT2D eigenvalue weighted by Gasteiger charge is -2.21. The normalized spacial score (nSPS) is 14.4. The van der Waals surface area contributed by atoms with E-state index in [9.17, 15) is 43.2 Å². The Bertz CT molecular complexity index is 1810. The van der Waals surface area contributed by atoms with Gasteiger partial charge in [-0.05, 0) is 63.2 Å². The van der Waals surface area contributed by atoms with Crippen molar-refractivity contribution >= 4 is 39.5 Å². The monoisotopic (exact) mass is 1290 g/mol. The first-order valence-electron chi connectivity index (χ1n) is 35.3. The van der Waals surface area contributed by atoms with Crippen LogP contribution in [0.3, 0.4) is 0 Å². The molecule has 5 atom stereocenters. The molecular formula is C69H130O17P2. The van der Waals surface area contributed by atoms with Crippen LogP contribution in [0.2, 0.25) is 0 Å². The fourth-order valence-corrected chi connectivity index (χ4v) is 11.5. The highest BCUT2D eigenvalue weighted by molar-refractivity contribution is 7.47. The molecule has 0 aliphatic heterocycles. The lowest BCUT2D eigenvalue weighted by Crippen LogP contribution is -2.30. The van der Waals surface area contributed by atoms with Crippen LogP contribution in [0.15, 0.2) is 24.3 Å². The van der Waals surface area contributed by atoms with E-state index in [1.807, 2.05) is 0 Å². The molecule has 0 rings (SSSR count). The van der Waals surface area contributed by atoms with Crippen molar-refractivity contribution in [1.82, 2.24) is 0 Å². The highest BCUT2D eigenvalue weighted by Crippen LogP contribution is 2.45. The highest BCUT2D eigenvalue weighted by Gasteiger charge is 2.30. The van der Waals surface area contributed by atoms with Gasteiger partial charge in [0.15, 0.2) is 12.2 Å². The molecule has 17 nitrogen and oxygen atoms in total. The van der Waals surface area contributed by atoms with Crippen molar-refractivity contribution in [2.24, 2.45) is 11.8 Å². The maximum absolute atomic E-state index is 13.0. The number of aliphatic hydroxyl groups excluding tert-OH is 1. The Morgan fingerprint density at radius 2 is 0.614 bits per heavy atom. The van der Waals surface area contributed by atoms with Crippen LogP contribution in [-0.4, -0.2) is 96.7 Å². The quantitative estimate of drug-likeness (QED) is 0.0169. The Morgan fingerprint density at radius 3 is 0.932 bits per heavy atom.